The Labute approximate surface area is 192 Å². The van der Waals surface area contributed by atoms with Crippen molar-refractivity contribution in [2.24, 2.45) is 4.99 Å². The number of piperazine rings is 2. The SMILES string of the molecule is CCNC(=NCCCN1CCN(c2ccccc2)CC1)N1CCN(c2ncccn2)CC1. The zero-order chi connectivity index (χ0) is 22.0. The predicted octanol–water partition coefficient (Wildman–Crippen LogP) is 1.78. The summed E-state index contributed by atoms with van der Waals surface area (Å²) in [5.74, 6) is 1.86. The second kappa shape index (κ2) is 11.7. The molecule has 2 saturated heterocycles. The lowest BCUT2D eigenvalue weighted by atomic mass is 10.2. The number of guanidine groups is 1. The number of anilines is 2. The summed E-state index contributed by atoms with van der Waals surface area (Å²) < 4.78 is 0. The molecule has 32 heavy (non-hydrogen) atoms. The van der Waals surface area contributed by atoms with E-state index in [1.54, 1.807) is 0 Å². The van der Waals surface area contributed by atoms with Crippen LogP contribution in [0.2, 0.25) is 0 Å². The van der Waals surface area contributed by atoms with Crippen molar-refractivity contribution in [2.75, 3.05) is 81.8 Å². The number of rotatable bonds is 7. The van der Waals surface area contributed by atoms with Crippen molar-refractivity contribution in [2.45, 2.75) is 13.3 Å². The summed E-state index contributed by atoms with van der Waals surface area (Å²) in [6.07, 6.45) is 4.71. The largest absolute Gasteiger partial charge is 0.369 e. The van der Waals surface area contributed by atoms with Gasteiger partial charge in [-0.05, 0) is 31.5 Å². The number of nitrogens with zero attached hydrogens (tertiary/aromatic N) is 7. The Morgan fingerprint density at radius 1 is 0.875 bits per heavy atom. The summed E-state index contributed by atoms with van der Waals surface area (Å²) >= 11 is 0. The van der Waals surface area contributed by atoms with E-state index in [9.17, 15) is 0 Å². The van der Waals surface area contributed by atoms with Crippen LogP contribution in [0.25, 0.3) is 0 Å². The first-order chi connectivity index (χ1) is 15.8. The zero-order valence-corrected chi connectivity index (χ0v) is 19.2. The molecule has 0 aliphatic carbocycles. The molecule has 2 fully saturated rings. The molecule has 8 nitrogen and oxygen atoms in total. The van der Waals surface area contributed by atoms with E-state index in [4.69, 9.17) is 4.99 Å². The zero-order valence-electron chi connectivity index (χ0n) is 19.2. The molecule has 8 heteroatoms. The van der Waals surface area contributed by atoms with Crippen LogP contribution in [-0.2, 0) is 0 Å². The van der Waals surface area contributed by atoms with E-state index in [1.165, 1.54) is 5.69 Å². The van der Waals surface area contributed by atoms with Gasteiger partial charge in [-0.3, -0.25) is 9.89 Å². The van der Waals surface area contributed by atoms with Crippen LogP contribution in [0.1, 0.15) is 13.3 Å². The maximum atomic E-state index is 4.93. The quantitative estimate of drug-likeness (QED) is 0.403. The molecule has 2 aromatic rings. The van der Waals surface area contributed by atoms with Gasteiger partial charge in [0.25, 0.3) is 0 Å². The van der Waals surface area contributed by atoms with Gasteiger partial charge in [-0.2, -0.15) is 0 Å². The van der Waals surface area contributed by atoms with Gasteiger partial charge in [-0.25, -0.2) is 9.97 Å². The van der Waals surface area contributed by atoms with Crippen LogP contribution < -0.4 is 15.1 Å². The van der Waals surface area contributed by atoms with Crippen LogP contribution in [0, 0.1) is 0 Å². The van der Waals surface area contributed by atoms with Crippen LogP contribution in [-0.4, -0.2) is 97.7 Å². The highest BCUT2D eigenvalue weighted by Crippen LogP contribution is 2.15. The molecule has 1 aromatic heterocycles. The van der Waals surface area contributed by atoms with Crippen molar-refractivity contribution in [1.82, 2.24) is 25.1 Å². The maximum Gasteiger partial charge on any atom is 0.225 e. The summed E-state index contributed by atoms with van der Waals surface area (Å²) in [5.41, 5.74) is 1.34. The minimum Gasteiger partial charge on any atom is -0.369 e. The summed E-state index contributed by atoms with van der Waals surface area (Å²) in [6.45, 7) is 13.2. The summed E-state index contributed by atoms with van der Waals surface area (Å²) in [7, 11) is 0. The van der Waals surface area contributed by atoms with Gasteiger partial charge in [0.05, 0.1) is 0 Å². The second-order valence-corrected chi connectivity index (χ2v) is 8.28. The first-order valence-electron chi connectivity index (χ1n) is 11.9. The second-order valence-electron chi connectivity index (χ2n) is 8.28. The number of benzene rings is 1. The fraction of sp³-hybridized carbons (Fsp3) is 0.542. The van der Waals surface area contributed by atoms with E-state index >= 15 is 0 Å². The lowest BCUT2D eigenvalue weighted by molar-refractivity contribution is 0.256. The van der Waals surface area contributed by atoms with Crippen molar-refractivity contribution < 1.29 is 0 Å². The van der Waals surface area contributed by atoms with Crippen LogP contribution in [0.15, 0.2) is 53.8 Å². The molecule has 0 amide bonds. The highest BCUT2D eigenvalue weighted by atomic mass is 15.4. The number of hydrogen-bond acceptors (Lipinski definition) is 6. The van der Waals surface area contributed by atoms with Gasteiger partial charge in [0.1, 0.15) is 0 Å². The van der Waals surface area contributed by atoms with Crippen LogP contribution in [0.3, 0.4) is 0 Å². The lowest BCUT2D eigenvalue weighted by Crippen LogP contribution is -2.53. The fourth-order valence-electron chi connectivity index (χ4n) is 4.35. The molecule has 0 unspecified atom stereocenters. The molecular weight excluding hydrogens is 400 g/mol. The highest BCUT2D eigenvalue weighted by Gasteiger charge is 2.21. The molecule has 4 rings (SSSR count). The van der Waals surface area contributed by atoms with Gasteiger partial charge in [0.2, 0.25) is 5.95 Å². The van der Waals surface area contributed by atoms with E-state index in [0.29, 0.717) is 0 Å². The van der Waals surface area contributed by atoms with Crippen molar-refractivity contribution >= 4 is 17.6 Å². The van der Waals surface area contributed by atoms with Crippen molar-refractivity contribution in [1.29, 1.82) is 0 Å². The Kier molecular flexibility index (Phi) is 8.14. The van der Waals surface area contributed by atoms with Gasteiger partial charge >= 0.3 is 0 Å². The molecule has 1 N–H and O–H groups in total. The number of hydrogen-bond donors (Lipinski definition) is 1. The van der Waals surface area contributed by atoms with Gasteiger partial charge in [0.15, 0.2) is 5.96 Å². The monoisotopic (exact) mass is 436 g/mol. The van der Waals surface area contributed by atoms with Crippen LogP contribution in [0.5, 0.6) is 0 Å². The Morgan fingerprint density at radius 2 is 1.56 bits per heavy atom. The molecule has 0 bridgehead atoms. The molecule has 172 valence electrons. The Hall–Kier alpha value is -2.87. The Morgan fingerprint density at radius 3 is 2.25 bits per heavy atom. The van der Waals surface area contributed by atoms with E-state index < -0.39 is 0 Å². The fourth-order valence-corrected chi connectivity index (χ4v) is 4.35. The van der Waals surface area contributed by atoms with Crippen molar-refractivity contribution in [3.05, 3.63) is 48.8 Å². The first kappa shape index (κ1) is 22.3. The lowest BCUT2D eigenvalue weighted by Gasteiger charge is -2.36. The average Bonchev–Trinajstić information content (AvgIpc) is 2.87. The van der Waals surface area contributed by atoms with Crippen molar-refractivity contribution in [3.63, 3.8) is 0 Å². The van der Waals surface area contributed by atoms with Gasteiger partial charge in [-0.15, -0.1) is 0 Å². The average molecular weight is 437 g/mol. The predicted molar refractivity (Wildman–Crippen MR) is 132 cm³/mol. The molecule has 0 radical (unpaired) electrons. The number of nitrogens with one attached hydrogen (secondary N) is 1. The Bertz CT molecular complexity index is 812. The summed E-state index contributed by atoms with van der Waals surface area (Å²) in [4.78, 5) is 23.3. The maximum absolute atomic E-state index is 4.93. The first-order valence-corrected chi connectivity index (χ1v) is 11.9. The smallest absolute Gasteiger partial charge is 0.225 e. The van der Waals surface area contributed by atoms with E-state index in [2.05, 4.69) is 72.1 Å². The molecule has 3 heterocycles. The molecule has 0 saturated carbocycles. The van der Waals surface area contributed by atoms with E-state index in [-0.39, 0.29) is 0 Å². The van der Waals surface area contributed by atoms with Gasteiger partial charge < -0.3 is 20.0 Å². The minimum atomic E-state index is 0.821. The number of aliphatic imine (C=N–C) groups is 1. The van der Waals surface area contributed by atoms with Crippen molar-refractivity contribution in [3.8, 4) is 0 Å². The summed E-state index contributed by atoms with van der Waals surface area (Å²) in [5, 5.41) is 3.48. The summed E-state index contributed by atoms with van der Waals surface area (Å²) in [6, 6.07) is 12.6. The normalized spacial score (nSPS) is 18.2. The third-order valence-electron chi connectivity index (χ3n) is 6.14. The van der Waals surface area contributed by atoms with Gasteiger partial charge in [-0.1, -0.05) is 18.2 Å². The minimum absolute atomic E-state index is 0.821. The van der Waals surface area contributed by atoms with Crippen LogP contribution >= 0.6 is 0 Å². The molecule has 2 aliphatic heterocycles. The molecule has 2 aliphatic rings. The number of aromatic nitrogens is 2. The standard InChI is InChI=1S/C24H36N8/c1-2-25-23(31-18-20-32(21-19-31)24-26-10-6-11-27-24)28-12-7-13-29-14-16-30(17-15-29)22-8-4-3-5-9-22/h3-6,8-11H,2,7,12-21H2,1H3,(H,25,28). The topological polar surface area (TPSA) is 63.1 Å². The molecule has 0 spiro atoms. The van der Waals surface area contributed by atoms with E-state index in [0.717, 1.165) is 90.3 Å². The molecule has 1 aromatic carbocycles. The van der Waals surface area contributed by atoms with E-state index in [1.807, 2.05) is 18.5 Å². The Balaban J connectivity index is 1.19. The third kappa shape index (κ3) is 6.09. The third-order valence-corrected chi connectivity index (χ3v) is 6.14. The van der Waals surface area contributed by atoms with Gasteiger partial charge in [0, 0.05) is 90.1 Å². The molecular formula is C24H36N8. The molecule has 0 atom stereocenters. The van der Waals surface area contributed by atoms with Crippen LogP contribution in [0.4, 0.5) is 11.6 Å². The number of para-hydroxylation sites is 1. The highest BCUT2D eigenvalue weighted by molar-refractivity contribution is 5.80.